The molecule has 0 unspecified atom stereocenters. The highest BCUT2D eigenvalue weighted by atomic mass is 16.2. The van der Waals surface area contributed by atoms with Crippen LogP contribution in [-0.2, 0) is 4.79 Å². The molecule has 0 heterocycles. The Morgan fingerprint density at radius 3 is 2.70 bits per heavy atom. The molecular weight excluding hydrogens is 128 g/mol. The fourth-order valence-electron chi connectivity index (χ4n) is 1.05. The minimum atomic E-state index is -0.302. The van der Waals surface area contributed by atoms with Crippen LogP contribution >= 0.6 is 0 Å². The van der Waals surface area contributed by atoms with E-state index in [4.69, 9.17) is 5.26 Å². The van der Waals surface area contributed by atoms with Crippen molar-refractivity contribution in [2.24, 2.45) is 5.41 Å². The first-order chi connectivity index (χ1) is 4.75. The molecule has 1 amide bonds. The molecule has 1 fully saturated rings. The minimum Gasteiger partial charge on any atom is -0.359 e. The summed E-state index contributed by atoms with van der Waals surface area (Å²) >= 11 is 0. The van der Waals surface area contributed by atoms with Gasteiger partial charge < -0.3 is 5.32 Å². The number of nitrogens with one attached hydrogen (secondary N) is 1. The third kappa shape index (κ3) is 0.971. The van der Waals surface area contributed by atoms with Gasteiger partial charge in [-0.05, 0) is 12.8 Å². The van der Waals surface area contributed by atoms with E-state index in [2.05, 4.69) is 5.32 Å². The number of hydrogen-bond donors (Lipinski definition) is 1. The quantitative estimate of drug-likeness (QED) is 0.601. The molecule has 1 saturated carbocycles. The van der Waals surface area contributed by atoms with Crippen LogP contribution in [0.25, 0.3) is 0 Å². The van der Waals surface area contributed by atoms with Crippen molar-refractivity contribution in [2.45, 2.75) is 19.3 Å². The van der Waals surface area contributed by atoms with Gasteiger partial charge in [-0.25, -0.2) is 0 Å². The molecule has 3 nitrogen and oxygen atoms in total. The monoisotopic (exact) mass is 138 g/mol. The SMILES string of the molecule is CNC(=O)C1(CC#N)CC1. The van der Waals surface area contributed by atoms with Crippen LogP contribution in [0.15, 0.2) is 0 Å². The van der Waals surface area contributed by atoms with Gasteiger partial charge in [0.15, 0.2) is 0 Å². The summed E-state index contributed by atoms with van der Waals surface area (Å²) in [5.74, 6) is 0.0223. The average Bonchev–Trinajstić information content (AvgIpc) is 2.69. The Balaban J connectivity index is 2.53. The summed E-state index contributed by atoms with van der Waals surface area (Å²) in [4.78, 5) is 11.0. The molecule has 0 bridgehead atoms. The fraction of sp³-hybridized carbons (Fsp3) is 0.714. The van der Waals surface area contributed by atoms with Crippen LogP contribution in [0.4, 0.5) is 0 Å². The number of rotatable bonds is 2. The van der Waals surface area contributed by atoms with Crippen molar-refractivity contribution in [3.8, 4) is 6.07 Å². The van der Waals surface area contributed by atoms with Crippen molar-refractivity contribution in [2.75, 3.05) is 7.05 Å². The van der Waals surface area contributed by atoms with Crippen molar-refractivity contribution >= 4 is 5.91 Å². The second-order valence-corrected chi connectivity index (χ2v) is 2.69. The summed E-state index contributed by atoms with van der Waals surface area (Å²) in [6, 6.07) is 2.02. The Morgan fingerprint density at radius 2 is 2.40 bits per heavy atom. The van der Waals surface area contributed by atoms with Crippen molar-refractivity contribution in [3.63, 3.8) is 0 Å². The Kier molecular flexibility index (Phi) is 1.62. The van der Waals surface area contributed by atoms with Gasteiger partial charge in [-0.15, -0.1) is 0 Å². The zero-order chi connectivity index (χ0) is 7.61. The summed E-state index contributed by atoms with van der Waals surface area (Å²) in [7, 11) is 1.61. The van der Waals surface area contributed by atoms with Gasteiger partial charge in [-0.3, -0.25) is 4.79 Å². The first kappa shape index (κ1) is 7.07. The number of carbonyl (C=O) groups is 1. The van der Waals surface area contributed by atoms with Crippen molar-refractivity contribution < 1.29 is 4.79 Å². The van der Waals surface area contributed by atoms with Crippen molar-refractivity contribution in [1.82, 2.24) is 5.32 Å². The highest BCUT2D eigenvalue weighted by Gasteiger charge is 2.48. The third-order valence-electron chi connectivity index (χ3n) is 1.98. The van der Waals surface area contributed by atoms with Crippen LogP contribution in [0.1, 0.15) is 19.3 Å². The van der Waals surface area contributed by atoms with Gasteiger partial charge in [-0.2, -0.15) is 5.26 Å². The molecule has 54 valence electrons. The molecule has 0 aromatic heterocycles. The first-order valence-electron chi connectivity index (χ1n) is 3.34. The molecular formula is C7H10N2O. The minimum absolute atomic E-state index is 0.0223. The van der Waals surface area contributed by atoms with Crippen LogP contribution in [0.5, 0.6) is 0 Å². The normalized spacial score (nSPS) is 19.2. The maximum atomic E-state index is 11.0. The highest BCUT2D eigenvalue weighted by Crippen LogP contribution is 2.48. The second-order valence-electron chi connectivity index (χ2n) is 2.69. The Hall–Kier alpha value is -1.04. The van der Waals surface area contributed by atoms with Crippen LogP contribution in [-0.4, -0.2) is 13.0 Å². The van der Waals surface area contributed by atoms with Gasteiger partial charge >= 0.3 is 0 Å². The maximum absolute atomic E-state index is 11.0. The summed E-state index contributed by atoms with van der Waals surface area (Å²) < 4.78 is 0. The van der Waals surface area contributed by atoms with E-state index in [9.17, 15) is 4.79 Å². The topological polar surface area (TPSA) is 52.9 Å². The Morgan fingerprint density at radius 1 is 1.80 bits per heavy atom. The largest absolute Gasteiger partial charge is 0.359 e. The molecule has 0 spiro atoms. The molecule has 0 aromatic carbocycles. The van der Waals surface area contributed by atoms with Gasteiger partial charge in [0, 0.05) is 13.5 Å². The van der Waals surface area contributed by atoms with Gasteiger partial charge in [0.25, 0.3) is 0 Å². The predicted molar refractivity (Wildman–Crippen MR) is 36.0 cm³/mol. The van der Waals surface area contributed by atoms with Gasteiger partial charge in [0.05, 0.1) is 11.5 Å². The van der Waals surface area contributed by atoms with Crippen LogP contribution in [0.2, 0.25) is 0 Å². The smallest absolute Gasteiger partial charge is 0.227 e. The fourth-order valence-corrected chi connectivity index (χ4v) is 1.05. The first-order valence-corrected chi connectivity index (χ1v) is 3.34. The van der Waals surface area contributed by atoms with Crippen LogP contribution in [0, 0.1) is 16.7 Å². The molecule has 1 rings (SSSR count). The van der Waals surface area contributed by atoms with E-state index in [1.165, 1.54) is 0 Å². The molecule has 1 aliphatic rings. The Labute approximate surface area is 60.0 Å². The molecule has 10 heavy (non-hydrogen) atoms. The lowest BCUT2D eigenvalue weighted by Gasteiger charge is -2.06. The maximum Gasteiger partial charge on any atom is 0.227 e. The van der Waals surface area contributed by atoms with E-state index in [-0.39, 0.29) is 11.3 Å². The molecule has 1 aliphatic carbocycles. The van der Waals surface area contributed by atoms with E-state index >= 15 is 0 Å². The summed E-state index contributed by atoms with van der Waals surface area (Å²) in [5, 5.41) is 10.9. The van der Waals surface area contributed by atoms with Gasteiger partial charge in [0.2, 0.25) is 5.91 Å². The summed E-state index contributed by atoms with van der Waals surface area (Å²) in [5.41, 5.74) is -0.302. The molecule has 0 radical (unpaired) electrons. The standard InChI is InChI=1S/C7H10N2O/c1-9-6(10)7(2-3-7)4-5-8/h2-4H2,1H3,(H,9,10). The van der Waals surface area contributed by atoms with Gasteiger partial charge in [0.1, 0.15) is 0 Å². The Bertz CT molecular complexity index is 188. The van der Waals surface area contributed by atoms with E-state index in [0.717, 1.165) is 12.8 Å². The summed E-state index contributed by atoms with van der Waals surface area (Å²) in [6.07, 6.45) is 2.12. The number of nitrogens with zero attached hydrogens (tertiary/aromatic N) is 1. The third-order valence-corrected chi connectivity index (χ3v) is 1.98. The van der Waals surface area contributed by atoms with Crippen LogP contribution < -0.4 is 5.32 Å². The molecule has 1 N–H and O–H groups in total. The zero-order valence-electron chi connectivity index (χ0n) is 5.98. The summed E-state index contributed by atoms with van der Waals surface area (Å²) in [6.45, 7) is 0. The number of carbonyl (C=O) groups excluding carboxylic acids is 1. The number of amides is 1. The van der Waals surface area contributed by atoms with Crippen LogP contribution in [0.3, 0.4) is 0 Å². The highest BCUT2D eigenvalue weighted by molar-refractivity contribution is 5.85. The molecule has 3 heteroatoms. The number of hydrogen-bond acceptors (Lipinski definition) is 2. The lowest BCUT2D eigenvalue weighted by molar-refractivity contribution is -0.125. The van der Waals surface area contributed by atoms with E-state index in [0.29, 0.717) is 6.42 Å². The number of nitriles is 1. The molecule has 0 atom stereocenters. The van der Waals surface area contributed by atoms with E-state index < -0.39 is 0 Å². The van der Waals surface area contributed by atoms with E-state index in [1.54, 1.807) is 7.05 Å². The van der Waals surface area contributed by atoms with Crippen molar-refractivity contribution in [3.05, 3.63) is 0 Å². The molecule has 0 saturated heterocycles. The molecule has 0 aromatic rings. The second kappa shape index (κ2) is 2.30. The van der Waals surface area contributed by atoms with Crippen molar-refractivity contribution in [1.29, 1.82) is 5.26 Å². The lowest BCUT2D eigenvalue weighted by Crippen LogP contribution is -2.28. The zero-order valence-corrected chi connectivity index (χ0v) is 5.98. The molecule has 0 aliphatic heterocycles. The van der Waals surface area contributed by atoms with E-state index in [1.807, 2.05) is 6.07 Å². The average molecular weight is 138 g/mol. The predicted octanol–water partition coefficient (Wildman–Crippen LogP) is 0.426. The lowest BCUT2D eigenvalue weighted by atomic mass is 10.0. The van der Waals surface area contributed by atoms with Gasteiger partial charge in [-0.1, -0.05) is 0 Å².